The maximum atomic E-state index is 12.0. The fraction of sp³-hybridized carbons (Fsp3) is 0.500. The van der Waals surface area contributed by atoms with Gasteiger partial charge in [0.05, 0.1) is 12.0 Å². The van der Waals surface area contributed by atoms with Crippen molar-refractivity contribution in [2.45, 2.75) is 57.5 Å². The summed E-state index contributed by atoms with van der Waals surface area (Å²) in [6.45, 7) is 12.3. The number of carbonyl (C=O) groups excluding carboxylic acids is 1. The second-order valence-electron chi connectivity index (χ2n) is 8.77. The standard InChI is InChI=1S/C20H29N5O2S/c1-19(2,3)14-8-13(9-15(17(14)27)20(4,5)6)10-21-23-16(26)11-28-18-24-22-12-25(18)7/h8-10,12,27H,11H2,1-7H3,(H,23,26)/b21-10-. The SMILES string of the molecule is Cn1cnnc1SCC(=O)N/N=C\c1cc(C(C)(C)C)c(O)c(C(C)(C)C)c1. The Labute approximate surface area is 170 Å². The van der Waals surface area contributed by atoms with Crippen LogP contribution in [0.5, 0.6) is 5.75 Å². The van der Waals surface area contributed by atoms with Crippen molar-refractivity contribution < 1.29 is 9.90 Å². The molecule has 0 saturated carbocycles. The lowest BCUT2D eigenvalue weighted by Crippen LogP contribution is -2.20. The van der Waals surface area contributed by atoms with Gasteiger partial charge in [-0.15, -0.1) is 10.2 Å². The summed E-state index contributed by atoms with van der Waals surface area (Å²) in [6, 6.07) is 3.82. The number of carbonyl (C=O) groups is 1. The summed E-state index contributed by atoms with van der Waals surface area (Å²) in [5, 5.41) is 23.2. The number of amides is 1. The van der Waals surface area contributed by atoms with E-state index in [1.54, 1.807) is 17.1 Å². The number of benzene rings is 1. The number of nitrogens with one attached hydrogen (secondary N) is 1. The molecule has 1 aromatic carbocycles. The van der Waals surface area contributed by atoms with Gasteiger partial charge in [-0.2, -0.15) is 5.10 Å². The third kappa shape index (κ3) is 5.58. The van der Waals surface area contributed by atoms with Crippen molar-refractivity contribution in [3.8, 4) is 5.75 Å². The van der Waals surface area contributed by atoms with Crippen LogP contribution < -0.4 is 5.43 Å². The van der Waals surface area contributed by atoms with Gasteiger partial charge in [-0.05, 0) is 28.5 Å². The molecule has 1 heterocycles. The van der Waals surface area contributed by atoms with Crippen LogP contribution in [0.15, 0.2) is 28.7 Å². The molecule has 2 aromatic rings. The van der Waals surface area contributed by atoms with Crippen molar-refractivity contribution in [2.75, 3.05) is 5.75 Å². The van der Waals surface area contributed by atoms with Crippen molar-refractivity contribution in [2.24, 2.45) is 12.1 Å². The average Bonchev–Trinajstić information content (AvgIpc) is 2.97. The van der Waals surface area contributed by atoms with E-state index in [1.165, 1.54) is 11.8 Å². The fourth-order valence-corrected chi connectivity index (χ4v) is 3.30. The van der Waals surface area contributed by atoms with Gasteiger partial charge in [-0.1, -0.05) is 53.3 Å². The van der Waals surface area contributed by atoms with Crippen LogP contribution in [0.3, 0.4) is 0 Å². The van der Waals surface area contributed by atoms with E-state index >= 15 is 0 Å². The number of hydrazone groups is 1. The largest absolute Gasteiger partial charge is 0.507 e. The van der Waals surface area contributed by atoms with Crippen LogP contribution >= 0.6 is 11.8 Å². The van der Waals surface area contributed by atoms with Gasteiger partial charge in [0.15, 0.2) is 5.16 Å². The molecule has 0 atom stereocenters. The molecule has 28 heavy (non-hydrogen) atoms. The first-order valence-corrected chi connectivity index (χ1v) is 10.0. The zero-order valence-electron chi connectivity index (χ0n) is 17.6. The third-order valence-electron chi connectivity index (χ3n) is 4.15. The van der Waals surface area contributed by atoms with E-state index < -0.39 is 0 Å². The van der Waals surface area contributed by atoms with Gasteiger partial charge in [0.1, 0.15) is 12.1 Å². The molecule has 0 bridgehead atoms. The van der Waals surface area contributed by atoms with Gasteiger partial charge < -0.3 is 9.67 Å². The highest BCUT2D eigenvalue weighted by atomic mass is 32.2. The molecule has 8 heteroatoms. The lowest BCUT2D eigenvalue weighted by molar-refractivity contribution is -0.118. The van der Waals surface area contributed by atoms with E-state index in [2.05, 4.69) is 62.3 Å². The number of rotatable bonds is 5. The number of aromatic nitrogens is 3. The quantitative estimate of drug-likeness (QED) is 0.454. The Kier molecular flexibility index (Phi) is 6.54. The minimum absolute atomic E-state index is 0.194. The maximum Gasteiger partial charge on any atom is 0.250 e. The van der Waals surface area contributed by atoms with Crippen LogP contribution in [0.1, 0.15) is 58.2 Å². The van der Waals surface area contributed by atoms with Crippen LogP contribution in [0.4, 0.5) is 0 Å². The van der Waals surface area contributed by atoms with E-state index in [1.807, 2.05) is 19.2 Å². The Bertz CT molecular complexity index is 840. The number of hydrogen-bond acceptors (Lipinski definition) is 6. The van der Waals surface area contributed by atoms with Gasteiger partial charge >= 0.3 is 0 Å². The first-order chi connectivity index (χ1) is 12.9. The summed E-state index contributed by atoms with van der Waals surface area (Å²) in [5.41, 5.74) is 4.63. The third-order valence-corrected chi connectivity index (χ3v) is 5.19. The minimum atomic E-state index is -0.227. The summed E-state index contributed by atoms with van der Waals surface area (Å²) >= 11 is 1.29. The summed E-state index contributed by atoms with van der Waals surface area (Å²) in [5.74, 6) is 0.288. The van der Waals surface area contributed by atoms with E-state index in [0.717, 1.165) is 16.7 Å². The summed E-state index contributed by atoms with van der Waals surface area (Å²) < 4.78 is 1.75. The van der Waals surface area contributed by atoms with Crippen molar-refractivity contribution in [1.29, 1.82) is 0 Å². The highest BCUT2D eigenvalue weighted by Crippen LogP contribution is 2.39. The number of phenols is 1. The molecule has 0 unspecified atom stereocenters. The molecule has 152 valence electrons. The number of aryl methyl sites for hydroxylation is 1. The van der Waals surface area contributed by atoms with E-state index in [4.69, 9.17) is 0 Å². The minimum Gasteiger partial charge on any atom is -0.507 e. The highest BCUT2D eigenvalue weighted by molar-refractivity contribution is 7.99. The predicted molar refractivity (Wildman–Crippen MR) is 113 cm³/mol. The zero-order chi connectivity index (χ0) is 21.1. The molecule has 0 spiro atoms. The van der Waals surface area contributed by atoms with E-state index in [0.29, 0.717) is 10.9 Å². The summed E-state index contributed by atoms with van der Waals surface area (Å²) in [6.07, 6.45) is 3.19. The molecule has 0 aliphatic heterocycles. The Hall–Kier alpha value is -2.35. The van der Waals surface area contributed by atoms with Gasteiger partial charge in [0, 0.05) is 18.2 Å². The predicted octanol–water partition coefficient (Wildman–Crippen LogP) is 3.36. The van der Waals surface area contributed by atoms with Gasteiger partial charge in [-0.3, -0.25) is 4.79 Å². The number of hydrogen-bond donors (Lipinski definition) is 2. The second kappa shape index (κ2) is 8.34. The van der Waals surface area contributed by atoms with Crippen molar-refractivity contribution >= 4 is 23.9 Å². The topological polar surface area (TPSA) is 92.4 Å². The zero-order valence-corrected chi connectivity index (χ0v) is 18.4. The Morgan fingerprint density at radius 3 is 2.25 bits per heavy atom. The van der Waals surface area contributed by atoms with Gasteiger partial charge in [0.25, 0.3) is 5.91 Å². The molecule has 2 rings (SSSR count). The van der Waals surface area contributed by atoms with Gasteiger partial charge in [0.2, 0.25) is 0 Å². The molecule has 1 aromatic heterocycles. The molecular weight excluding hydrogens is 374 g/mol. The van der Waals surface area contributed by atoms with Crippen molar-refractivity contribution in [1.82, 2.24) is 20.2 Å². The average molecular weight is 404 g/mol. The molecule has 0 aliphatic carbocycles. The van der Waals surface area contributed by atoms with Crippen LogP contribution in [-0.2, 0) is 22.7 Å². The number of phenolic OH excluding ortho intramolecular Hbond substituents is 1. The highest BCUT2D eigenvalue weighted by Gasteiger charge is 2.26. The number of aromatic hydroxyl groups is 1. The summed E-state index contributed by atoms with van der Waals surface area (Å²) in [4.78, 5) is 12.0. The normalized spacial score (nSPS) is 12.5. The molecule has 2 N–H and O–H groups in total. The maximum absolute atomic E-state index is 12.0. The number of nitrogens with zero attached hydrogens (tertiary/aromatic N) is 4. The molecular formula is C20H29N5O2S. The lowest BCUT2D eigenvalue weighted by atomic mass is 9.78. The fourth-order valence-electron chi connectivity index (χ4n) is 2.62. The Morgan fingerprint density at radius 1 is 1.21 bits per heavy atom. The first kappa shape index (κ1) is 21.9. The van der Waals surface area contributed by atoms with Crippen molar-refractivity contribution in [3.63, 3.8) is 0 Å². The molecule has 0 aliphatic rings. The van der Waals surface area contributed by atoms with E-state index in [9.17, 15) is 9.90 Å². The number of thioether (sulfide) groups is 1. The molecule has 1 amide bonds. The first-order valence-electron chi connectivity index (χ1n) is 9.06. The summed E-state index contributed by atoms with van der Waals surface area (Å²) in [7, 11) is 1.82. The van der Waals surface area contributed by atoms with Gasteiger partial charge in [-0.25, -0.2) is 5.43 Å². The molecule has 7 nitrogen and oxygen atoms in total. The van der Waals surface area contributed by atoms with E-state index in [-0.39, 0.29) is 22.5 Å². The van der Waals surface area contributed by atoms with Crippen molar-refractivity contribution in [3.05, 3.63) is 35.2 Å². The molecule has 0 fully saturated rings. The van der Waals surface area contributed by atoms with Crippen LogP contribution in [0.2, 0.25) is 0 Å². The Morgan fingerprint density at radius 2 is 1.79 bits per heavy atom. The molecule has 0 saturated heterocycles. The van der Waals surface area contributed by atoms with Crippen LogP contribution in [-0.4, -0.2) is 37.7 Å². The van der Waals surface area contributed by atoms with Crippen LogP contribution in [0.25, 0.3) is 0 Å². The second-order valence-corrected chi connectivity index (χ2v) is 9.71. The Balaban J connectivity index is 2.14. The smallest absolute Gasteiger partial charge is 0.250 e. The monoisotopic (exact) mass is 403 g/mol. The van der Waals surface area contributed by atoms with Crippen LogP contribution in [0, 0.1) is 0 Å². The lowest BCUT2D eigenvalue weighted by Gasteiger charge is -2.27. The molecule has 0 radical (unpaired) electrons.